The van der Waals surface area contributed by atoms with Gasteiger partial charge in [0, 0.05) is 6.54 Å². The number of allylic oxidation sites excluding steroid dienone is 1. The molecular weight excluding hydrogens is 222 g/mol. The van der Waals surface area contributed by atoms with Gasteiger partial charge in [-0.05, 0) is 25.3 Å². The van der Waals surface area contributed by atoms with E-state index < -0.39 is 18.1 Å². The third-order valence-corrected chi connectivity index (χ3v) is 2.72. The average molecular weight is 241 g/mol. The molecule has 17 heavy (non-hydrogen) atoms. The summed E-state index contributed by atoms with van der Waals surface area (Å²) in [6.07, 6.45) is 3.29. The van der Waals surface area contributed by atoms with Gasteiger partial charge in [-0.1, -0.05) is 13.0 Å². The van der Waals surface area contributed by atoms with Crippen LogP contribution in [0.3, 0.4) is 0 Å². The number of carbonyl (C=O) groups excluding carboxylic acids is 2. The van der Waals surface area contributed by atoms with Crippen molar-refractivity contribution < 1.29 is 19.1 Å². The smallest absolute Gasteiger partial charge is 0.407 e. The van der Waals surface area contributed by atoms with Gasteiger partial charge in [0.25, 0.3) is 0 Å². The second kappa shape index (κ2) is 6.27. The lowest BCUT2D eigenvalue weighted by Crippen LogP contribution is -2.38. The highest BCUT2D eigenvalue weighted by molar-refractivity contribution is 5.75. The summed E-state index contributed by atoms with van der Waals surface area (Å²) < 4.78 is 9.90. The van der Waals surface area contributed by atoms with Crippen LogP contribution in [-0.2, 0) is 14.3 Å². The van der Waals surface area contributed by atoms with Gasteiger partial charge < -0.3 is 14.8 Å². The number of ether oxygens (including phenoxy) is 2. The summed E-state index contributed by atoms with van der Waals surface area (Å²) >= 11 is 0. The summed E-state index contributed by atoms with van der Waals surface area (Å²) in [7, 11) is 1.34. The molecule has 0 heterocycles. The third kappa shape index (κ3) is 3.76. The SMILES string of the molecule is CCNC(=O)O[C@H]1C=C[C@H](C)C[C@@H]1C(=O)OC. The van der Waals surface area contributed by atoms with E-state index in [0.29, 0.717) is 13.0 Å². The molecule has 5 nitrogen and oxygen atoms in total. The number of hydrogen-bond acceptors (Lipinski definition) is 4. The molecule has 1 aliphatic carbocycles. The molecule has 1 aliphatic rings. The Morgan fingerprint density at radius 1 is 1.41 bits per heavy atom. The Morgan fingerprint density at radius 2 is 2.12 bits per heavy atom. The molecule has 1 N–H and O–H groups in total. The highest BCUT2D eigenvalue weighted by Crippen LogP contribution is 2.26. The summed E-state index contributed by atoms with van der Waals surface area (Å²) in [6, 6.07) is 0. The van der Waals surface area contributed by atoms with Crippen molar-refractivity contribution in [3.63, 3.8) is 0 Å². The quantitative estimate of drug-likeness (QED) is 0.600. The molecule has 5 heteroatoms. The molecule has 0 spiro atoms. The molecule has 0 unspecified atom stereocenters. The monoisotopic (exact) mass is 241 g/mol. The van der Waals surface area contributed by atoms with Crippen molar-refractivity contribution in [2.45, 2.75) is 26.4 Å². The molecular formula is C12H19NO4. The van der Waals surface area contributed by atoms with Crippen LogP contribution in [0.25, 0.3) is 0 Å². The molecule has 0 aromatic rings. The van der Waals surface area contributed by atoms with Crippen LogP contribution in [0.4, 0.5) is 4.79 Å². The van der Waals surface area contributed by atoms with Gasteiger partial charge in [-0.15, -0.1) is 0 Å². The van der Waals surface area contributed by atoms with Gasteiger partial charge in [-0.25, -0.2) is 4.79 Å². The van der Waals surface area contributed by atoms with Crippen LogP contribution in [0.2, 0.25) is 0 Å². The highest BCUT2D eigenvalue weighted by Gasteiger charge is 2.34. The highest BCUT2D eigenvalue weighted by atomic mass is 16.6. The topological polar surface area (TPSA) is 64.6 Å². The second-order valence-corrected chi connectivity index (χ2v) is 4.13. The number of methoxy groups -OCH3 is 1. The largest absolute Gasteiger partial charge is 0.469 e. The first-order valence-electron chi connectivity index (χ1n) is 5.79. The first kappa shape index (κ1) is 13.5. The first-order valence-corrected chi connectivity index (χ1v) is 5.79. The number of esters is 1. The maximum absolute atomic E-state index is 11.6. The predicted octanol–water partition coefficient (Wildman–Crippen LogP) is 1.49. The van der Waals surface area contributed by atoms with E-state index in [-0.39, 0.29) is 11.9 Å². The number of carbonyl (C=O) groups is 2. The fourth-order valence-corrected chi connectivity index (χ4v) is 1.86. The Bertz CT molecular complexity index is 314. The van der Waals surface area contributed by atoms with E-state index in [2.05, 4.69) is 5.32 Å². The standard InChI is InChI=1S/C12H19NO4/c1-4-13-12(15)17-10-6-5-8(2)7-9(10)11(14)16-3/h5-6,8-10H,4,7H2,1-3H3,(H,13,15)/t8-,9-,10-/m0/s1. The van der Waals surface area contributed by atoms with E-state index in [1.807, 2.05) is 13.0 Å². The van der Waals surface area contributed by atoms with Crippen LogP contribution in [0, 0.1) is 11.8 Å². The van der Waals surface area contributed by atoms with E-state index in [4.69, 9.17) is 9.47 Å². The number of hydrogen-bond donors (Lipinski definition) is 1. The molecule has 0 aromatic heterocycles. The maximum Gasteiger partial charge on any atom is 0.407 e. The molecule has 0 radical (unpaired) electrons. The molecule has 3 atom stereocenters. The molecule has 0 bridgehead atoms. The lowest BCUT2D eigenvalue weighted by molar-refractivity contribution is -0.149. The van der Waals surface area contributed by atoms with Crippen molar-refractivity contribution in [2.75, 3.05) is 13.7 Å². The van der Waals surface area contributed by atoms with Crippen molar-refractivity contribution in [3.8, 4) is 0 Å². The minimum absolute atomic E-state index is 0.285. The molecule has 1 rings (SSSR count). The lowest BCUT2D eigenvalue weighted by atomic mass is 9.85. The van der Waals surface area contributed by atoms with E-state index in [1.165, 1.54) is 7.11 Å². The fraction of sp³-hybridized carbons (Fsp3) is 0.667. The summed E-state index contributed by atoms with van der Waals surface area (Å²) in [5.41, 5.74) is 0. The van der Waals surface area contributed by atoms with Crippen molar-refractivity contribution in [3.05, 3.63) is 12.2 Å². The normalized spacial score (nSPS) is 27.4. The molecule has 0 saturated heterocycles. The predicted molar refractivity (Wildman–Crippen MR) is 62.4 cm³/mol. The summed E-state index contributed by atoms with van der Waals surface area (Å²) in [5.74, 6) is -0.466. The Labute approximate surface area is 101 Å². The maximum atomic E-state index is 11.6. The van der Waals surface area contributed by atoms with E-state index in [9.17, 15) is 9.59 Å². The molecule has 0 aliphatic heterocycles. The summed E-state index contributed by atoms with van der Waals surface area (Å²) in [6.45, 7) is 4.31. The van der Waals surface area contributed by atoms with E-state index in [0.717, 1.165) is 0 Å². The van der Waals surface area contributed by atoms with Crippen LogP contribution in [0.1, 0.15) is 20.3 Å². The molecule has 96 valence electrons. The fourth-order valence-electron chi connectivity index (χ4n) is 1.86. The van der Waals surface area contributed by atoms with Crippen LogP contribution in [0.5, 0.6) is 0 Å². The molecule has 1 amide bonds. The van der Waals surface area contributed by atoms with Gasteiger partial charge in [0.2, 0.25) is 0 Å². The van der Waals surface area contributed by atoms with Gasteiger partial charge in [0.05, 0.1) is 13.0 Å². The van der Waals surface area contributed by atoms with Gasteiger partial charge in [0.15, 0.2) is 0 Å². The van der Waals surface area contributed by atoms with Crippen molar-refractivity contribution >= 4 is 12.1 Å². The molecule has 0 aromatic carbocycles. The Hall–Kier alpha value is -1.52. The minimum atomic E-state index is -0.537. The zero-order valence-corrected chi connectivity index (χ0v) is 10.4. The van der Waals surface area contributed by atoms with Crippen LogP contribution in [-0.4, -0.2) is 31.8 Å². The van der Waals surface area contributed by atoms with Crippen LogP contribution >= 0.6 is 0 Å². The van der Waals surface area contributed by atoms with Crippen molar-refractivity contribution in [1.82, 2.24) is 5.32 Å². The Morgan fingerprint density at radius 3 is 2.71 bits per heavy atom. The molecule has 0 fully saturated rings. The van der Waals surface area contributed by atoms with Gasteiger partial charge >= 0.3 is 12.1 Å². The second-order valence-electron chi connectivity index (χ2n) is 4.13. The Kier molecular flexibility index (Phi) is 5.00. The van der Waals surface area contributed by atoms with Crippen LogP contribution in [0.15, 0.2) is 12.2 Å². The average Bonchev–Trinajstić information content (AvgIpc) is 2.30. The number of rotatable bonds is 3. The van der Waals surface area contributed by atoms with Crippen molar-refractivity contribution in [1.29, 1.82) is 0 Å². The number of amides is 1. The summed E-state index contributed by atoms with van der Waals surface area (Å²) in [4.78, 5) is 22.9. The lowest BCUT2D eigenvalue weighted by Gasteiger charge is -2.28. The number of alkyl carbamates (subject to hydrolysis) is 1. The van der Waals surface area contributed by atoms with Crippen LogP contribution < -0.4 is 5.32 Å². The number of nitrogens with one attached hydrogen (secondary N) is 1. The minimum Gasteiger partial charge on any atom is -0.469 e. The Balaban J connectivity index is 2.68. The summed E-state index contributed by atoms with van der Waals surface area (Å²) in [5, 5.41) is 2.53. The van der Waals surface area contributed by atoms with Gasteiger partial charge in [-0.2, -0.15) is 0 Å². The zero-order chi connectivity index (χ0) is 12.8. The van der Waals surface area contributed by atoms with E-state index >= 15 is 0 Å². The zero-order valence-electron chi connectivity index (χ0n) is 10.4. The van der Waals surface area contributed by atoms with E-state index in [1.54, 1.807) is 13.0 Å². The van der Waals surface area contributed by atoms with Gasteiger partial charge in [-0.3, -0.25) is 4.79 Å². The van der Waals surface area contributed by atoms with Gasteiger partial charge in [0.1, 0.15) is 6.10 Å². The first-order chi connectivity index (χ1) is 8.08. The third-order valence-electron chi connectivity index (χ3n) is 2.72. The molecule has 0 saturated carbocycles. The van der Waals surface area contributed by atoms with Crippen molar-refractivity contribution in [2.24, 2.45) is 11.8 Å².